The second-order valence-corrected chi connectivity index (χ2v) is 6.31. The van der Waals surface area contributed by atoms with Crippen LogP contribution in [-0.2, 0) is 0 Å². The third kappa shape index (κ3) is 3.48. The van der Waals surface area contributed by atoms with Gasteiger partial charge in [0.25, 0.3) is 0 Å². The van der Waals surface area contributed by atoms with Gasteiger partial charge in [-0.15, -0.1) is 0 Å². The van der Waals surface area contributed by atoms with Crippen molar-refractivity contribution in [1.29, 1.82) is 0 Å². The predicted octanol–water partition coefficient (Wildman–Crippen LogP) is 3.87. The Hall–Kier alpha value is -0.0000000000000000555. The summed E-state index contributed by atoms with van der Waals surface area (Å²) in [5.74, 6) is 0.582. The first-order valence-electron chi connectivity index (χ1n) is 6.12. The van der Waals surface area contributed by atoms with E-state index in [1.54, 1.807) is 0 Å². The average Bonchev–Trinajstić information content (AvgIpc) is 2.33. The fourth-order valence-corrected chi connectivity index (χ4v) is 3.40. The largest absolute Gasteiger partial charge is 0.381 e. The lowest BCUT2D eigenvalue weighted by Crippen LogP contribution is -2.36. The van der Waals surface area contributed by atoms with Gasteiger partial charge in [0.15, 0.2) is 0 Å². The van der Waals surface area contributed by atoms with Gasteiger partial charge in [0.05, 0.1) is 10.7 Å². The second-order valence-electron chi connectivity index (χ2n) is 4.66. The molecule has 0 aliphatic heterocycles. The highest BCUT2D eigenvalue weighted by molar-refractivity contribution is 14.1. The van der Waals surface area contributed by atoms with Crippen molar-refractivity contribution in [2.24, 2.45) is 11.7 Å². The van der Waals surface area contributed by atoms with Gasteiger partial charge in [-0.25, -0.2) is 0 Å². The van der Waals surface area contributed by atoms with Crippen LogP contribution >= 0.6 is 34.2 Å². The molecule has 2 rings (SSSR count). The first-order valence-corrected chi connectivity index (χ1v) is 7.58. The van der Waals surface area contributed by atoms with E-state index < -0.39 is 0 Å². The predicted molar refractivity (Wildman–Crippen MR) is 82.6 cm³/mol. The minimum absolute atomic E-state index is 0.478. The molecule has 0 radical (unpaired) electrons. The minimum atomic E-state index is 0.478. The van der Waals surface area contributed by atoms with Crippen molar-refractivity contribution in [3.63, 3.8) is 0 Å². The maximum absolute atomic E-state index is 6.24. The van der Waals surface area contributed by atoms with Crippen LogP contribution in [0.15, 0.2) is 18.2 Å². The molecule has 1 aliphatic carbocycles. The van der Waals surface area contributed by atoms with Gasteiger partial charge < -0.3 is 11.1 Å². The number of benzene rings is 1. The zero-order valence-corrected chi connectivity index (χ0v) is 12.7. The van der Waals surface area contributed by atoms with Gasteiger partial charge in [0.1, 0.15) is 0 Å². The Bertz CT molecular complexity index is 384. The Morgan fingerprint density at radius 1 is 1.35 bits per heavy atom. The minimum Gasteiger partial charge on any atom is -0.381 e. The maximum Gasteiger partial charge on any atom is 0.0648 e. The Morgan fingerprint density at radius 2 is 2.12 bits per heavy atom. The third-order valence-corrected chi connectivity index (χ3v) is 4.47. The number of rotatable bonds is 3. The molecular formula is C13H18ClIN2. The van der Waals surface area contributed by atoms with Gasteiger partial charge >= 0.3 is 0 Å². The van der Waals surface area contributed by atoms with Crippen LogP contribution in [0.1, 0.15) is 25.7 Å². The summed E-state index contributed by atoms with van der Waals surface area (Å²) in [4.78, 5) is 0. The number of hydrogen-bond acceptors (Lipinski definition) is 2. The van der Waals surface area contributed by atoms with Crippen LogP contribution < -0.4 is 11.1 Å². The summed E-state index contributed by atoms with van der Waals surface area (Å²) in [6.45, 7) is 0.764. The van der Waals surface area contributed by atoms with Gasteiger partial charge in [0, 0.05) is 9.61 Å². The summed E-state index contributed by atoms with van der Waals surface area (Å²) in [6.07, 6.45) is 5.02. The van der Waals surface area contributed by atoms with E-state index in [4.69, 9.17) is 17.3 Å². The molecule has 1 aromatic rings. The topological polar surface area (TPSA) is 38.0 Å². The maximum atomic E-state index is 6.24. The Morgan fingerprint density at radius 3 is 2.82 bits per heavy atom. The van der Waals surface area contributed by atoms with E-state index in [1.807, 2.05) is 6.07 Å². The monoisotopic (exact) mass is 364 g/mol. The molecule has 1 fully saturated rings. The first kappa shape index (κ1) is 13.4. The summed E-state index contributed by atoms with van der Waals surface area (Å²) in [7, 11) is 0. The molecule has 0 amide bonds. The van der Waals surface area contributed by atoms with Crippen LogP contribution in [0.4, 0.5) is 5.69 Å². The van der Waals surface area contributed by atoms with Crippen molar-refractivity contribution in [1.82, 2.24) is 0 Å². The second kappa shape index (κ2) is 6.25. The zero-order chi connectivity index (χ0) is 12.3. The Labute approximate surface area is 121 Å². The Balaban J connectivity index is 2.08. The third-order valence-electron chi connectivity index (χ3n) is 3.48. The molecule has 3 N–H and O–H groups in total. The molecule has 2 unspecified atom stereocenters. The molecule has 2 nitrogen and oxygen atoms in total. The van der Waals surface area contributed by atoms with Crippen LogP contribution in [-0.4, -0.2) is 12.6 Å². The van der Waals surface area contributed by atoms with Crippen molar-refractivity contribution in [2.45, 2.75) is 31.7 Å². The van der Waals surface area contributed by atoms with Crippen molar-refractivity contribution >= 4 is 39.9 Å². The smallest absolute Gasteiger partial charge is 0.0648 e. The normalized spacial score (nSPS) is 24.6. The van der Waals surface area contributed by atoms with Crippen LogP contribution in [0.25, 0.3) is 0 Å². The number of hydrogen-bond donors (Lipinski definition) is 2. The molecule has 0 heterocycles. The molecule has 0 spiro atoms. The SMILES string of the molecule is NCC1CCCCC1Nc1ccc(I)cc1Cl. The number of nitrogens with one attached hydrogen (secondary N) is 1. The van der Waals surface area contributed by atoms with E-state index in [2.05, 4.69) is 40.0 Å². The zero-order valence-electron chi connectivity index (χ0n) is 9.76. The molecule has 4 heteroatoms. The molecule has 17 heavy (non-hydrogen) atoms. The highest BCUT2D eigenvalue weighted by Crippen LogP contribution is 2.30. The van der Waals surface area contributed by atoms with E-state index >= 15 is 0 Å². The lowest BCUT2D eigenvalue weighted by Gasteiger charge is -2.32. The molecule has 0 bridgehead atoms. The quantitative estimate of drug-likeness (QED) is 0.799. The number of halogens is 2. The molecule has 0 aromatic heterocycles. The van der Waals surface area contributed by atoms with E-state index in [0.717, 1.165) is 20.8 Å². The van der Waals surface area contributed by atoms with Gasteiger partial charge in [-0.2, -0.15) is 0 Å². The van der Waals surface area contributed by atoms with Crippen LogP contribution in [0, 0.1) is 9.49 Å². The fraction of sp³-hybridized carbons (Fsp3) is 0.538. The molecule has 1 saturated carbocycles. The summed E-state index contributed by atoms with van der Waals surface area (Å²) in [5.41, 5.74) is 6.87. The van der Waals surface area contributed by atoms with Crippen molar-refractivity contribution in [3.8, 4) is 0 Å². The molecule has 1 aromatic carbocycles. The average molecular weight is 365 g/mol. The highest BCUT2D eigenvalue weighted by atomic mass is 127. The van der Waals surface area contributed by atoms with Gasteiger partial charge in [-0.05, 0) is 66.1 Å². The van der Waals surface area contributed by atoms with Crippen LogP contribution in [0.5, 0.6) is 0 Å². The summed E-state index contributed by atoms with van der Waals surface area (Å²) >= 11 is 8.51. The van der Waals surface area contributed by atoms with Gasteiger partial charge in [-0.3, -0.25) is 0 Å². The van der Waals surface area contributed by atoms with Crippen molar-refractivity contribution < 1.29 is 0 Å². The van der Waals surface area contributed by atoms with Crippen LogP contribution in [0.3, 0.4) is 0 Å². The summed E-state index contributed by atoms with van der Waals surface area (Å²) in [5, 5.41) is 4.37. The summed E-state index contributed by atoms with van der Waals surface area (Å²) < 4.78 is 1.16. The van der Waals surface area contributed by atoms with Gasteiger partial charge in [0.2, 0.25) is 0 Å². The fourth-order valence-electron chi connectivity index (χ4n) is 2.49. The first-order chi connectivity index (χ1) is 8.20. The van der Waals surface area contributed by atoms with Crippen molar-refractivity contribution in [3.05, 3.63) is 26.8 Å². The molecule has 2 atom stereocenters. The molecule has 0 saturated heterocycles. The van der Waals surface area contributed by atoms with E-state index in [1.165, 1.54) is 25.7 Å². The molecule has 94 valence electrons. The summed E-state index contributed by atoms with van der Waals surface area (Å²) in [6, 6.07) is 6.61. The van der Waals surface area contributed by atoms with Crippen LogP contribution in [0.2, 0.25) is 5.02 Å². The molecular weight excluding hydrogens is 347 g/mol. The number of nitrogens with two attached hydrogens (primary N) is 1. The van der Waals surface area contributed by atoms with E-state index in [-0.39, 0.29) is 0 Å². The van der Waals surface area contributed by atoms with E-state index in [0.29, 0.717) is 12.0 Å². The lowest BCUT2D eigenvalue weighted by molar-refractivity contribution is 0.332. The number of anilines is 1. The molecule has 1 aliphatic rings. The Kier molecular flexibility index (Phi) is 4.94. The lowest BCUT2D eigenvalue weighted by atomic mass is 9.84. The highest BCUT2D eigenvalue weighted by Gasteiger charge is 2.24. The standard InChI is InChI=1S/C13H18ClIN2/c14-11-7-10(15)5-6-13(11)17-12-4-2-1-3-9(12)8-16/h5-7,9,12,17H,1-4,8,16H2. The van der Waals surface area contributed by atoms with Gasteiger partial charge in [-0.1, -0.05) is 24.4 Å². The van der Waals surface area contributed by atoms with Crippen molar-refractivity contribution in [2.75, 3.05) is 11.9 Å². The van der Waals surface area contributed by atoms with E-state index in [9.17, 15) is 0 Å².